The Morgan fingerprint density at radius 3 is 2.65 bits per heavy atom. The highest BCUT2D eigenvalue weighted by Crippen LogP contribution is 2.27. The molecule has 1 aliphatic rings. The Hall–Kier alpha value is -1.25. The van der Waals surface area contributed by atoms with Gasteiger partial charge in [0, 0.05) is 12.3 Å². The molecule has 0 amide bonds. The molecule has 0 aliphatic heterocycles. The van der Waals surface area contributed by atoms with Crippen molar-refractivity contribution < 1.29 is 13.6 Å². The zero-order valence-corrected chi connectivity index (χ0v) is 9.72. The molecule has 3 heteroatoms. The minimum absolute atomic E-state index is 0.159. The maximum absolute atomic E-state index is 13.3. The van der Waals surface area contributed by atoms with E-state index in [0.29, 0.717) is 18.4 Å². The van der Waals surface area contributed by atoms with Crippen molar-refractivity contribution in [2.75, 3.05) is 0 Å². The molecule has 0 N–H and O–H groups in total. The fourth-order valence-corrected chi connectivity index (χ4v) is 2.45. The number of ketones is 1. The summed E-state index contributed by atoms with van der Waals surface area (Å²) in [5.41, 5.74) is 0.302. The van der Waals surface area contributed by atoms with E-state index in [4.69, 9.17) is 0 Å². The molecule has 17 heavy (non-hydrogen) atoms. The molecule has 0 radical (unpaired) electrons. The number of aryl methyl sites for hydroxylation is 1. The Labute approximate surface area is 99.8 Å². The average Bonchev–Trinajstić information content (AvgIpc) is 2.84. The van der Waals surface area contributed by atoms with Crippen LogP contribution in [0.5, 0.6) is 0 Å². The van der Waals surface area contributed by atoms with E-state index in [1.54, 1.807) is 6.07 Å². The molecule has 1 aliphatic carbocycles. The molecule has 0 atom stereocenters. The van der Waals surface area contributed by atoms with Crippen LogP contribution in [0, 0.1) is 17.6 Å². The minimum atomic E-state index is -0.837. The maximum atomic E-state index is 13.3. The summed E-state index contributed by atoms with van der Waals surface area (Å²) >= 11 is 0. The third-order valence-electron chi connectivity index (χ3n) is 3.48. The van der Waals surface area contributed by atoms with E-state index in [0.717, 1.165) is 31.7 Å². The number of carbonyl (C=O) groups excluding carboxylic acids is 1. The standard InChI is InChI=1S/C14H16F2O/c15-12-7-3-6-11(14(12)16)8-9-13(17)10-4-1-2-5-10/h3,6-7,10H,1-2,4-5,8-9H2. The number of halogens is 2. The van der Waals surface area contributed by atoms with Gasteiger partial charge < -0.3 is 0 Å². The molecule has 0 spiro atoms. The molecule has 1 aromatic carbocycles. The first kappa shape index (κ1) is 12.2. The minimum Gasteiger partial charge on any atom is -0.299 e. The summed E-state index contributed by atoms with van der Waals surface area (Å²) in [6.45, 7) is 0. The van der Waals surface area contributed by atoms with E-state index < -0.39 is 11.6 Å². The van der Waals surface area contributed by atoms with Gasteiger partial charge in [-0.3, -0.25) is 4.79 Å². The van der Waals surface area contributed by atoms with Crippen LogP contribution < -0.4 is 0 Å². The van der Waals surface area contributed by atoms with Gasteiger partial charge in [0.05, 0.1) is 0 Å². The molecule has 0 saturated heterocycles. The second-order valence-corrected chi connectivity index (χ2v) is 4.66. The summed E-state index contributed by atoms with van der Waals surface area (Å²) < 4.78 is 26.3. The molecule has 0 bridgehead atoms. The van der Waals surface area contributed by atoms with Crippen molar-refractivity contribution in [3.05, 3.63) is 35.4 Å². The van der Waals surface area contributed by atoms with Crippen LogP contribution in [-0.2, 0) is 11.2 Å². The summed E-state index contributed by atoms with van der Waals surface area (Å²) in [5, 5.41) is 0. The highest BCUT2D eigenvalue weighted by Gasteiger charge is 2.22. The molecule has 92 valence electrons. The van der Waals surface area contributed by atoms with Gasteiger partial charge in [0.25, 0.3) is 0 Å². The lowest BCUT2D eigenvalue weighted by molar-refractivity contribution is -0.122. The predicted octanol–water partition coefficient (Wildman–Crippen LogP) is 3.66. The average molecular weight is 238 g/mol. The highest BCUT2D eigenvalue weighted by molar-refractivity contribution is 5.81. The van der Waals surface area contributed by atoms with Gasteiger partial charge in [-0.25, -0.2) is 8.78 Å². The highest BCUT2D eigenvalue weighted by atomic mass is 19.2. The molecule has 1 nitrogen and oxygen atoms in total. The van der Waals surface area contributed by atoms with Crippen molar-refractivity contribution >= 4 is 5.78 Å². The van der Waals surface area contributed by atoms with Crippen LogP contribution in [0.25, 0.3) is 0 Å². The third kappa shape index (κ3) is 2.90. The van der Waals surface area contributed by atoms with Crippen LogP contribution in [0.1, 0.15) is 37.7 Å². The van der Waals surface area contributed by atoms with Crippen molar-refractivity contribution in [3.63, 3.8) is 0 Å². The van der Waals surface area contributed by atoms with Gasteiger partial charge in [-0.1, -0.05) is 25.0 Å². The Balaban J connectivity index is 1.93. The first-order valence-electron chi connectivity index (χ1n) is 6.14. The van der Waals surface area contributed by atoms with Crippen LogP contribution in [0.4, 0.5) is 8.78 Å². The van der Waals surface area contributed by atoms with E-state index in [-0.39, 0.29) is 11.7 Å². The van der Waals surface area contributed by atoms with E-state index in [2.05, 4.69) is 0 Å². The first-order chi connectivity index (χ1) is 8.18. The topological polar surface area (TPSA) is 17.1 Å². The zero-order chi connectivity index (χ0) is 12.3. The van der Waals surface area contributed by atoms with Gasteiger partial charge in [-0.05, 0) is 30.9 Å². The summed E-state index contributed by atoms with van der Waals surface area (Å²) in [6, 6.07) is 4.12. The number of benzene rings is 1. The lowest BCUT2D eigenvalue weighted by atomic mass is 9.96. The fourth-order valence-electron chi connectivity index (χ4n) is 2.45. The Bertz CT molecular complexity index is 409. The monoisotopic (exact) mass is 238 g/mol. The third-order valence-corrected chi connectivity index (χ3v) is 3.48. The van der Waals surface area contributed by atoms with Crippen molar-refractivity contribution in [1.29, 1.82) is 0 Å². The maximum Gasteiger partial charge on any atom is 0.162 e. The van der Waals surface area contributed by atoms with Gasteiger partial charge in [0.15, 0.2) is 11.6 Å². The molecular formula is C14H16F2O. The summed E-state index contributed by atoms with van der Waals surface area (Å²) in [4.78, 5) is 11.8. The van der Waals surface area contributed by atoms with Crippen molar-refractivity contribution in [2.45, 2.75) is 38.5 Å². The fraction of sp³-hybridized carbons (Fsp3) is 0.500. The predicted molar refractivity (Wildman–Crippen MR) is 61.6 cm³/mol. The normalized spacial score (nSPS) is 16.4. The first-order valence-corrected chi connectivity index (χ1v) is 6.14. The van der Waals surface area contributed by atoms with Gasteiger partial charge in [-0.2, -0.15) is 0 Å². The lowest BCUT2D eigenvalue weighted by Gasteiger charge is -2.08. The van der Waals surface area contributed by atoms with E-state index in [1.807, 2.05) is 0 Å². The van der Waals surface area contributed by atoms with Gasteiger partial charge in [0.1, 0.15) is 5.78 Å². The van der Waals surface area contributed by atoms with Crippen LogP contribution in [0.15, 0.2) is 18.2 Å². The molecule has 1 saturated carbocycles. The molecular weight excluding hydrogens is 222 g/mol. The van der Waals surface area contributed by atoms with Crippen LogP contribution in [0.3, 0.4) is 0 Å². The number of rotatable bonds is 4. The molecule has 2 rings (SSSR count). The summed E-state index contributed by atoms with van der Waals surface area (Å²) in [6.07, 6.45) is 4.79. The zero-order valence-electron chi connectivity index (χ0n) is 9.72. The Morgan fingerprint density at radius 2 is 1.94 bits per heavy atom. The molecule has 0 unspecified atom stereocenters. The van der Waals surface area contributed by atoms with Crippen LogP contribution in [-0.4, -0.2) is 5.78 Å². The van der Waals surface area contributed by atoms with E-state index in [1.165, 1.54) is 6.07 Å². The van der Waals surface area contributed by atoms with Crippen LogP contribution >= 0.6 is 0 Å². The van der Waals surface area contributed by atoms with E-state index >= 15 is 0 Å². The van der Waals surface area contributed by atoms with E-state index in [9.17, 15) is 13.6 Å². The number of hydrogen-bond acceptors (Lipinski definition) is 1. The van der Waals surface area contributed by atoms with Gasteiger partial charge in [0.2, 0.25) is 0 Å². The number of carbonyl (C=O) groups is 1. The molecule has 0 aromatic heterocycles. The van der Waals surface area contributed by atoms with Gasteiger partial charge in [-0.15, -0.1) is 0 Å². The summed E-state index contributed by atoms with van der Waals surface area (Å²) in [7, 11) is 0. The molecule has 1 aromatic rings. The number of hydrogen-bond donors (Lipinski definition) is 0. The second-order valence-electron chi connectivity index (χ2n) is 4.66. The molecule has 0 heterocycles. The quantitative estimate of drug-likeness (QED) is 0.782. The smallest absolute Gasteiger partial charge is 0.162 e. The SMILES string of the molecule is O=C(CCc1cccc(F)c1F)C1CCCC1. The van der Waals surface area contributed by atoms with Gasteiger partial charge >= 0.3 is 0 Å². The van der Waals surface area contributed by atoms with Crippen molar-refractivity contribution in [2.24, 2.45) is 5.92 Å². The Kier molecular flexibility index (Phi) is 3.87. The van der Waals surface area contributed by atoms with Crippen LogP contribution in [0.2, 0.25) is 0 Å². The summed E-state index contributed by atoms with van der Waals surface area (Å²) in [5.74, 6) is -1.29. The van der Waals surface area contributed by atoms with Crippen molar-refractivity contribution in [1.82, 2.24) is 0 Å². The Morgan fingerprint density at radius 1 is 1.24 bits per heavy atom. The van der Waals surface area contributed by atoms with Crippen molar-refractivity contribution in [3.8, 4) is 0 Å². The molecule has 1 fully saturated rings. The second kappa shape index (κ2) is 5.39. The largest absolute Gasteiger partial charge is 0.299 e. The number of Topliss-reactive ketones (excluding diaryl/α,β-unsaturated/α-hetero) is 1. The lowest BCUT2D eigenvalue weighted by Crippen LogP contribution is -2.11.